The summed E-state index contributed by atoms with van der Waals surface area (Å²) in [5.74, 6) is 0.279. The number of aromatic nitrogens is 3. The molecule has 138 valence electrons. The molecule has 0 bridgehead atoms. The predicted octanol–water partition coefficient (Wildman–Crippen LogP) is 2.86. The van der Waals surface area contributed by atoms with Crippen LogP contribution in [0, 0.1) is 0 Å². The first-order valence-corrected chi connectivity index (χ1v) is 8.14. The summed E-state index contributed by atoms with van der Waals surface area (Å²) >= 11 is 0. The number of carbonyl (C=O) groups is 2. The highest BCUT2D eigenvalue weighted by molar-refractivity contribution is 5.93. The highest BCUT2D eigenvalue weighted by atomic mass is 16.6. The molecule has 0 aliphatic carbocycles. The Hall–Kier alpha value is -3.03. The quantitative estimate of drug-likeness (QED) is 0.600. The molecule has 0 saturated carbocycles. The minimum Gasteiger partial charge on any atom is -0.442 e. The number of Topliss-reactive ketones (excluding diaryl/α,β-unsaturated/α-hetero) is 1. The first kappa shape index (κ1) is 19.3. The van der Waals surface area contributed by atoms with E-state index in [9.17, 15) is 9.59 Å². The van der Waals surface area contributed by atoms with Gasteiger partial charge in [-0.15, -0.1) is 0 Å². The van der Waals surface area contributed by atoms with E-state index in [1.54, 1.807) is 58.4 Å². The molecule has 0 radical (unpaired) electrons. The minimum atomic E-state index is -0.653. The largest absolute Gasteiger partial charge is 0.442 e. The molecule has 8 heteroatoms. The van der Waals surface area contributed by atoms with E-state index in [0.717, 1.165) is 0 Å². The van der Waals surface area contributed by atoms with Crippen LogP contribution in [0.3, 0.4) is 0 Å². The van der Waals surface area contributed by atoms with Gasteiger partial charge < -0.3 is 4.74 Å². The van der Waals surface area contributed by atoms with Crippen LogP contribution in [0.4, 0.5) is 10.7 Å². The van der Waals surface area contributed by atoms with Crippen LogP contribution in [0.2, 0.25) is 0 Å². The second-order valence-electron chi connectivity index (χ2n) is 6.70. The second kappa shape index (κ2) is 7.90. The molecule has 0 saturated heterocycles. The van der Waals surface area contributed by atoms with Crippen LogP contribution in [0.15, 0.2) is 36.8 Å². The lowest BCUT2D eigenvalue weighted by Gasteiger charge is -2.33. The van der Waals surface area contributed by atoms with Gasteiger partial charge in [-0.05, 0) is 45.9 Å². The van der Waals surface area contributed by atoms with E-state index >= 15 is 0 Å². The molecule has 0 N–H and O–H groups in total. The standard InChI is InChI=1S/C18H23N5O3/c1-13(24)14-7-8-15(21-11-14)12-23(17(25)26-18(2,3)4)22(5)16-19-9-6-10-20-16/h6-11H,12H2,1-5H3. The van der Waals surface area contributed by atoms with Crippen LogP contribution in [0.25, 0.3) is 0 Å². The van der Waals surface area contributed by atoms with Gasteiger partial charge in [0.25, 0.3) is 0 Å². The molecule has 0 unspecified atom stereocenters. The van der Waals surface area contributed by atoms with Gasteiger partial charge >= 0.3 is 6.09 Å². The van der Waals surface area contributed by atoms with Crippen molar-refractivity contribution < 1.29 is 14.3 Å². The van der Waals surface area contributed by atoms with Gasteiger partial charge in [0.1, 0.15) is 5.60 Å². The van der Waals surface area contributed by atoms with Gasteiger partial charge in [-0.1, -0.05) is 0 Å². The number of ketones is 1. The van der Waals surface area contributed by atoms with Crippen LogP contribution in [0.1, 0.15) is 43.7 Å². The topological polar surface area (TPSA) is 88.5 Å². The Kier molecular flexibility index (Phi) is 5.86. The molecule has 26 heavy (non-hydrogen) atoms. The number of pyridine rings is 1. The lowest BCUT2D eigenvalue weighted by atomic mass is 10.2. The lowest BCUT2D eigenvalue weighted by Crippen LogP contribution is -2.47. The average Bonchev–Trinajstić information content (AvgIpc) is 2.58. The van der Waals surface area contributed by atoms with Crippen molar-refractivity contribution in [3.63, 3.8) is 0 Å². The van der Waals surface area contributed by atoms with E-state index in [2.05, 4.69) is 15.0 Å². The van der Waals surface area contributed by atoms with Crippen LogP contribution < -0.4 is 5.01 Å². The summed E-state index contributed by atoms with van der Waals surface area (Å²) in [5.41, 5.74) is 0.459. The molecule has 1 amide bonds. The molecular weight excluding hydrogens is 334 g/mol. The van der Waals surface area contributed by atoms with Gasteiger partial charge in [0.2, 0.25) is 5.95 Å². The van der Waals surface area contributed by atoms with Crippen molar-refractivity contribution in [1.29, 1.82) is 0 Å². The number of ether oxygens (including phenoxy) is 1. The first-order valence-electron chi connectivity index (χ1n) is 8.14. The minimum absolute atomic E-state index is 0.0668. The maximum atomic E-state index is 12.7. The summed E-state index contributed by atoms with van der Waals surface area (Å²) < 4.78 is 5.48. The highest BCUT2D eigenvalue weighted by Crippen LogP contribution is 2.16. The first-order chi connectivity index (χ1) is 12.2. The average molecular weight is 357 g/mol. The number of anilines is 1. The molecule has 8 nitrogen and oxygen atoms in total. The third kappa shape index (κ3) is 5.23. The lowest BCUT2D eigenvalue weighted by molar-refractivity contribution is 0.0213. The van der Waals surface area contributed by atoms with Crippen molar-refractivity contribution in [2.75, 3.05) is 12.1 Å². The number of amides is 1. The van der Waals surface area contributed by atoms with Crippen LogP contribution in [-0.2, 0) is 11.3 Å². The molecular formula is C18H23N5O3. The molecule has 0 spiro atoms. The Bertz CT molecular complexity index is 757. The van der Waals surface area contributed by atoms with Crippen molar-refractivity contribution >= 4 is 17.8 Å². The summed E-state index contributed by atoms with van der Waals surface area (Å²) in [4.78, 5) is 36.6. The van der Waals surface area contributed by atoms with E-state index in [0.29, 0.717) is 17.2 Å². The molecule has 0 aliphatic heterocycles. The van der Waals surface area contributed by atoms with Crippen molar-refractivity contribution in [1.82, 2.24) is 20.0 Å². The molecule has 2 aromatic heterocycles. The molecule has 0 aromatic carbocycles. The highest BCUT2D eigenvalue weighted by Gasteiger charge is 2.27. The third-order valence-electron chi connectivity index (χ3n) is 3.35. The predicted molar refractivity (Wildman–Crippen MR) is 96.5 cm³/mol. The van der Waals surface area contributed by atoms with Crippen molar-refractivity contribution in [3.05, 3.63) is 48.0 Å². The zero-order chi connectivity index (χ0) is 19.3. The van der Waals surface area contributed by atoms with E-state index in [1.165, 1.54) is 23.1 Å². The van der Waals surface area contributed by atoms with Gasteiger partial charge in [0, 0.05) is 31.2 Å². The summed E-state index contributed by atoms with van der Waals surface area (Å²) in [5, 5.41) is 2.87. The summed E-state index contributed by atoms with van der Waals surface area (Å²) in [6.45, 7) is 7.00. The van der Waals surface area contributed by atoms with Gasteiger partial charge in [-0.3, -0.25) is 9.78 Å². The summed E-state index contributed by atoms with van der Waals surface area (Å²) in [6, 6.07) is 5.07. The SMILES string of the molecule is CC(=O)c1ccc(CN(C(=O)OC(C)(C)C)N(C)c2ncccn2)nc1. The zero-order valence-electron chi connectivity index (χ0n) is 15.6. The fourth-order valence-electron chi connectivity index (χ4n) is 2.05. The van der Waals surface area contributed by atoms with Crippen molar-refractivity contribution in [2.45, 2.75) is 39.8 Å². The van der Waals surface area contributed by atoms with Crippen molar-refractivity contribution in [2.24, 2.45) is 0 Å². The Morgan fingerprint density at radius 3 is 2.27 bits per heavy atom. The van der Waals surface area contributed by atoms with Gasteiger partial charge in [0.05, 0.1) is 12.2 Å². The number of carbonyl (C=O) groups excluding carboxylic acids is 2. The maximum absolute atomic E-state index is 12.7. The van der Waals surface area contributed by atoms with E-state index < -0.39 is 11.7 Å². The Balaban J connectivity index is 2.27. The fourth-order valence-corrected chi connectivity index (χ4v) is 2.05. The summed E-state index contributed by atoms with van der Waals surface area (Å²) in [7, 11) is 1.67. The normalized spacial score (nSPS) is 11.0. The monoisotopic (exact) mass is 357 g/mol. The zero-order valence-corrected chi connectivity index (χ0v) is 15.6. The Labute approximate surface area is 152 Å². The van der Waals surface area contributed by atoms with Crippen LogP contribution in [-0.4, -0.2) is 44.5 Å². The molecule has 2 rings (SSSR count). The second-order valence-corrected chi connectivity index (χ2v) is 6.70. The number of nitrogens with zero attached hydrogens (tertiary/aromatic N) is 5. The molecule has 2 aromatic rings. The van der Waals surface area contributed by atoms with E-state index in [1.807, 2.05) is 0 Å². The number of hydrogen-bond acceptors (Lipinski definition) is 7. The van der Waals surface area contributed by atoms with E-state index in [-0.39, 0.29) is 12.3 Å². The molecule has 2 heterocycles. The molecule has 0 aliphatic rings. The van der Waals surface area contributed by atoms with Crippen molar-refractivity contribution in [3.8, 4) is 0 Å². The fraction of sp³-hybridized carbons (Fsp3) is 0.389. The molecule has 0 atom stereocenters. The van der Waals surface area contributed by atoms with Crippen LogP contribution >= 0.6 is 0 Å². The Morgan fingerprint density at radius 1 is 1.12 bits per heavy atom. The van der Waals surface area contributed by atoms with Gasteiger partial charge in [-0.25, -0.2) is 24.8 Å². The van der Waals surface area contributed by atoms with Crippen LogP contribution in [0.5, 0.6) is 0 Å². The smallest absolute Gasteiger partial charge is 0.429 e. The summed E-state index contributed by atoms with van der Waals surface area (Å²) in [6.07, 6.45) is 4.12. The van der Waals surface area contributed by atoms with E-state index in [4.69, 9.17) is 4.74 Å². The third-order valence-corrected chi connectivity index (χ3v) is 3.35. The van der Waals surface area contributed by atoms with Gasteiger partial charge in [0.15, 0.2) is 5.78 Å². The Morgan fingerprint density at radius 2 is 1.77 bits per heavy atom. The molecule has 0 fully saturated rings. The number of hydrogen-bond donors (Lipinski definition) is 0. The number of rotatable bonds is 5. The number of hydrazine groups is 1. The maximum Gasteiger partial charge on any atom is 0.429 e. The van der Waals surface area contributed by atoms with Gasteiger partial charge in [-0.2, -0.15) is 0 Å².